The molecule has 3 aliphatic carbocycles. The van der Waals surface area contributed by atoms with Crippen LogP contribution < -0.4 is 10.1 Å². The van der Waals surface area contributed by atoms with E-state index in [-0.39, 0.29) is 22.5 Å². The molecule has 0 radical (unpaired) electrons. The number of nitriles is 3. The quantitative estimate of drug-likeness (QED) is 0.586. The first-order chi connectivity index (χ1) is 15.4. The summed E-state index contributed by atoms with van der Waals surface area (Å²) in [7, 11) is 0. The van der Waals surface area contributed by atoms with Gasteiger partial charge < -0.3 is 10.1 Å². The molecule has 2 N–H and O–H groups in total. The summed E-state index contributed by atoms with van der Waals surface area (Å²) in [6, 6.07) is 10.3. The third kappa shape index (κ3) is 2.93. The number of anilines is 1. The SMILES string of the molecule is Cc1cc(/C=C/C#N)cc(C)c1Oc1nc(NC23CC(C#N)(C2)C3)nc2n[nH]c(C#N)c12. The summed E-state index contributed by atoms with van der Waals surface area (Å²) in [5, 5.41) is 38.1. The van der Waals surface area contributed by atoms with Crippen LogP contribution in [0.1, 0.15) is 41.6 Å². The lowest BCUT2D eigenvalue weighted by atomic mass is 9.40. The van der Waals surface area contributed by atoms with Crippen LogP contribution >= 0.6 is 0 Å². The van der Waals surface area contributed by atoms with E-state index in [1.54, 1.807) is 6.08 Å². The van der Waals surface area contributed by atoms with Gasteiger partial charge in [0.1, 0.15) is 17.2 Å². The summed E-state index contributed by atoms with van der Waals surface area (Å²) < 4.78 is 6.23. The number of aromatic amines is 1. The molecule has 0 atom stereocenters. The number of benzene rings is 1. The van der Waals surface area contributed by atoms with Crippen molar-refractivity contribution in [1.82, 2.24) is 20.2 Å². The van der Waals surface area contributed by atoms with Crippen molar-refractivity contribution < 1.29 is 4.74 Å². The number of H-pyrrole nitrogens is 1. The van der Waals surface area contributed by atoms with Gasteiger partial charge in [-0.25, -0.2) is 0 Å². The van der Waals surface area contributed by atoms with E-state index in [0.29, 0.717) is 22.7 Å². The molecule has 156 valence electrons. The van der Waals surface area contributed by atoms with Crippen LogP contribution in [0.3, 0.4) is 0 Å². The van der Waals surface area contributed by atoms with Crippen LogP contribution in [0.25, 0.3) is 17.1 Å². The number of allylic oxidation sites excluding steroid dienone is 1. The molecule has 3 aliphatic rings. The summed E-state index contributed by atoms with van der Waals surface area (Å²) in [5.41, 5.74) is 2.81. The first kappa shape index (κ1) is 19.5. The molecule has 1 aromatic carbocycles. The molecule has 0 amide bonds. The van der Waals surface area contributed by atoms with Gasteiger partial charge in [-0.3, -0.25) is 5.10 Å². The average Bonchev–Trinajstić information content (AvgIpc) is 3.13. The van der Waals surface area contributed by atoms with Crippen LogP contribution in [-0.2, 0) is 0 Å². The van der Waals surface area contributed by atoms with Gasteiger partial charge in [0.2, 0.25) is 11.8 Å². The van der Waals surface area contributed by atoms with E-state index in [2.05, 4.69) is 37.6 Å². The Kier molecular flexibility index (Phi) is 4.15. The molecule has 32 heavy (non-hydrogen) atoms. The van der Waals surface area contributed by atoms with E-state index >= 15 is 0 Å². The number of fused-ring (bicyclic) bond motifs is 1. The molecule has 0 saturated heterocycles. The Balaban J connectivity index is 1.53. The number of hydrogen-bond donors (Lipinski definition) is 2. The third-order valence-corrected chi connectivity index (χ3v) is 6.17. The first-order valence-corrected chi connectivity index (χ1v) is 10.1. The van der Waals surface area contributed by atoms with Crippen molar-refractivity contribution in [2.24, 2.45) is 5.41 Å². The van der Waals surface area contributed by atoms with Gasteiger partial charge in [-0.1, -0.05) is 0 Å². The van der Waals surface area contributed by atoms with Gasteiger partial charge in [-0.15, -0.1) is 0 Å². The first-order valence-electron chi connectivity index (χ1n) is 10.1. The van der Waals surface area contributed by atoms with E-state index in [0.717, 1.165) is 36.0 Å². The molecule has 3 aromatic rings. The van der Waals surface area contributed by atoms with Crippen molar-refractivity contribution in [3.63, 3.8) is 0 Å². The molecule has 2 aromatic heterocycles. The fourth-order valence-corrected chi connectivity index (χ4v) is 4.85. The number of hydrogen-bond acceptors (Lipinski definition) is 8. The van der Waals surface area contributed by atoms with Crippen LogP contribution in [0.2, 0.25) is 0 Å². The second-order valence-corrected chi connectivity index (χ2v) is 8.64. The molecule has 0 unspecified atom stereocenters. The molecule has 2 bridgehead atoms. The molecule has 3 fully saturated rings. The molecule has 9 heteroatoms. The number of ether oxygens (including phenoxy) is 1. The summed E-state index contributed by atoms with van der Waals surface area (Å²) in [6.45, 7) is 3.82. The predicted octanol–water partition coefficient (Wildman–Crippen LogP) is 4.03. The minimum absolute atomic E-state index is 0.157. The second kappa shape index (κ2) is 6.80. The highest BCUT2D eigenvalue weighted by Crippen LogP contribution is 2.67. The van der Waals surface area contributed by atoms with Crippen LogP contribution in [-0.4, -0.2) is 25.7 Å². The number of nitrogens with one attached hydrogen (secondary N) is 2. The Morgan fingerprint density at radius 3 is 2.47 bits per heavy atom. The summed E-state index contributed by atoms with van der Waals surface area (Å²) >= 11 is 0. The maximum Gasteiger partial charge on any atom is 0.236 e. The van der Waals surface area contributed by atoms with Crippen molar-refractivity contribution >= 4 is 23.1 Å². The second-order valence-electron chi connectivity index (χ2n) is 8.64. The Morgan fingerprint density at radius 1 is 1.12 bits per heavy atom. The van der Waals surface area contributed by atoms with E-state index in [4.69, 9.17) is 10.00 Å². The van der Waals surface area contributed by atoms with E-state index < -0.39 is 0 Å². The number of nitrogens with zero attached hydrogens (tertiary/aromatic N) is 6. The Morgan fingerprint density at radius 2 is 1.84 bits per heavy atom. The standard InChI is InChI=1S/C23H18N8O/c1-13-6-15(4-3-5-24)7-14(2)18(13)32-20-17-16(8-25)30-31-19(17)27-21(28-20)29-23-9-22(10-23,11-23)12-26/h3-4,6-7H,9-11H2,1-2H3,(H2,27,28,29,30,31)/b4-3+. The number of aromatic nitrogens is 4. The molecule has 2 heterocycles. The van der Waals surface area contributed by atoms with Crippen molar-refractivity contribution in [1.29, 1.82) is 15.8 Å². The molecule has 0 aliphatic heterocycles. The van der Waals surface area contributed by atoms with Gasteiger partial charge in [0.15, 0.2) is 11.3 Å². The predicted molar refractivity (Wildman–Crippen MR) is 115 cm³/mol. The fourth-order valence-electron chi connectivity index (χ4n) is 4.85. The van der Waals surface area contributed by atoms with Gasteiger partial charge in [0.25, 0.3) is 0 Å². The normalized spacial score (nSPS) is 23.0. The zero-order valence-corrected chi connectivity index (χ0v) is 17.5. The van der Waals surface area contributed by atoms with Crippen LogP contribution in [0.15, 0.2) is 18.2 Å². The summed E-state index contributed by atoms with van der Waals surface area (Å²) in [6.07, 6.45) is 5.47. The third-order valence-electron chi connectivity index (χ3n) is 6.17. The van der Waals surface area contributed by atoms with Gasteiger partial charge in [-0.05, 0) is 68.0 Å². The molecular formula is C23H18N8O. The molecule has 9 nitrogen and oxygen atoms in total. The zero-order valence-electron chi connectivity index (χ0n) is 17.5. The zero-order chi connectivity index (χ0) is 22.5. The van der Waals surface area contributed by atoms with Gasteiger partial charge in [0, 0.05) is 11.6 Å². The minimum Gasteiger partial charge on any atom is -0.437 e. The molecule has 6 rings (SSSR count). The maximum absolute atomic E-state index is 9.50. The molecule has 0 spiro atoms. The number of aryl methyl sites for hydroxylation is 2. The Labute approximate surface area is 184 Å². The highest BCUT2D eigenvalue weighted by atomic mass is 16.5. The van der Waals surface area contributed by atoms with E-state index in [1.165, 1.54) is 6.08 Å². The van der Waals surface area contributed by atoms with Gasteiger partial charge in [-0.2, -0.15) is 30.9 Å². The van der Waals surface area contributed by atoms with Crippen molar-refractivity contribution in [2.45, 2.75) is 38.6 Å². The monoisotopic (exact) mass is 422 g/mol. The molecule has 3 saturated carbocycles. The van der Waals surface area contributed by atoms with Gasteiger partial charge in [0.05, 0.1) is 17.6 Å². The Bertz CT molecular complexity index is 1390. The fraction of sp³-hybridized carbons (Fsp3) is 0.304. The largest absolute Gasteiger partial charge is 0.437 e. The lowest BCUT2D eigenvalue weighted by molar-refractivity contribution is -0.0665. The number of rotatable bonds is 5. The van der Waals surface area contributed by atoms with Crippen molar-refractivity contribution in [2.75, 3.05) is 5.32 Å². The average molecular weight is 422 g/mol. The highest BCUT2D eigenvalue weighted by molar-refractivity contribution is 5.86. The summed E-state index contributed by atoms with van der Waals surface area (Å²) in [5.74, 6) is 1.21. The van der Waals surface area contributed by atoms with Crippen molar-refractivity contribution in [3.05, 3.63) is 40.6 Å². The highest BCUT2D eigenvalue weighted by Gasteiger charge is 2.69. The summed E-state index contributed by atoms with van der Waals surface area (Å²) in [4.78, 5) is 9.04. The Hall–Kier alpha value is -4.42. The van der Waals surface area contributed by atoms with E-state index in [1.807, 2.05) is 32.0 Å². The minimum atomic E-state index is -0.202. The van der Waals surface area contributed by atoms with Crippen LogP contribution in [0.4, 0.5) is 5.95 Å². The van der Waals surface area contributed by atoms with Crippen LogP contribution in [0, 0.1) is 53.3 Å². The smallest absolute Gasteiger partial charge is 0.236 e. The van der Waals surface area contributed by atoms with Gasteiger partial charge >= 0.3 is 0 Å². The lowest BCUT2D eigenvalue weighted by Gasteiger charge is -2.66. The van der Waals surface area contributed by atoms with Crippen molar-refractivity contribution in [3.8, 4) is 29.8 Å². The topological polar surface area (TPSA) is 147 Å². The molecular weight excluding hydrogens is 404 g/mol. The van der Waals surface area contributed by atoms with E-state index in [9.17, 15) is 10.5 Å². The maximum atomic E-state index is 9.50. The lowest BCUT2D eigenvalue weighted by Crippen LogP contribution is -2.70. The van der Waals surface area contributed by atoms with Crippen LogP contribution in [0.5, 0.6) is 11.6 Å².